The van der Waals surface area contributed by atoms with E-state index in [0.29, 0.717) is 0 Å². The molecule has 0 aromatic carbocycles. The van der Waals surface area contributed by atoms with Crippen LogP contribution in [0, 0.1) is 0 Å². The molecule has 0 heterocycles. The van der Waals surface area contributed by atoms with E-state index in [-0.39, 0.29) is 0 Å². The average molecular weight is 1340 g/mol. The SMILES string of the molecule is CCCCCCCCCCCCCCCCCCCCCCCCCCCCCCCCCCCCCCCCCCCCCCCCCCCCCCCCCCCCCCCCCCCCCCCCCCCCCCCCCCCCCCCCCCCCCS. The molecular weight excluding hydrogens is 1150 g/mol. The van der Waals surface area contributed by atoms with Gasteiger partial charge in [-0.25, -0.2) is 0 Å². The molecule has 0 aliphatic rings. The van der Waals surface area contributed by atoms with Gasteiger partial charge in [0.15, 0.2) is 0 Å². The lowest BCUT2D eigenvalue weighted by molar-refractivity contribution is 0.505. The molecule has 0 saturated carbocycles. The minimum Gasteiger partial charge on any atom is -0.179 e. The molecule has 0 N–H and O–H groups in total. The maximum atomic E-state index is 4.31. The largest absolute Gasteiger partial charge is 0.179 e. The summed E-state index contributed by atoms with van der Waals surface area (Å²) in [7, 11) is 0. The molecule has 0 spiro atoms. The Bertz CT molecular complexity index is 1120. The summed E-state index contributed by atoms with van der Waals surface area (Å²) in [5.74, 6) is 1.07. The highest BCUT2D eigenvalue weighted by molar-refractivity contribution is 7.80. The zero-order valence-corrected chi connectivity index (χ0v) is 67.4. The van der Waals surface area contributed by atoms with Gasteiger partial charge in [-0.15, -0.1) is 0 Å². The molecule has 566 valence electrons. The Balaban J connectivity index is 3.09. The van der Waals surface area contributed by atoms with Crippen LogP contribution in [0.1, 0.15) is 591 Å². The van der Waals surface area contributed by atoms with Crippen LogP contribution in [0.3, 0.4) is 0 Å². The molecule has 0 amide bonds. The molecule has 0 rings (SSSR count). The first-order valence-corrected chi connectivity index (χ1v) is 47.2. The molecule has 0 nitrogen and oxygen atoms in total. The van der Waals surface area contributed by atoms with Gasteiger partial charge in [0.1, 0.15) is 0 Å². The highest BCUT2D eigenvalue weighted by Gasteiger charge is 2.03. The lowest BCUT2D eigenvalue weighted by atomic mass is 10.0. The quantitative estimate of drug-likeness (QED) is 0.0455. The third-order valence-electron chi connectivity index (χ3n) is 22.8. The van der Waals surface area contributed by atoms with Gasteiger partial charge >= 0.3 is 0 Å². The summed E-state index contributed by atoms with van der Waals surface area (Å²) < 4.78 is 0. The molecule has 0 radical (unpaired) electrons. The first kappa shape index (κ1) is 94.3. The highest BCUT2D eigenvalue weighted by atomic mass is 32.1. The van der Waals surface area contributed by atoms with E-state index in [1.807, 2.05) is 0 Å². The summed E-state index contributed by atoms with van der Waals surface area (Å²) in [6, 6.07) is 0. The van der Waals surface area contributed by atoms with E-state index in [9.17, 15) is 0 Å². The van der Waals surface area contributed by atoms with Crippen LogP contribution in [0.25, 0.3) is 0 Å². The fourth-order valence-electron chi connectivity index (χ4n) is 15.9. The topological polar surface area (TPSA) is 0 Å². The number of unbranched alkanes of at least 4 members (excludes halogenated alkanes) is 90. The van der Waals surface area contributed by atoms with Crippen LogP contribution in [0.5, 0.6) is 0 Å². The van der Waals surface area contributed by atoms with Crippen molar-refractivity contribution in [3.63, 3.8) is 0 Å². The average Bonchev–Trinajstić information content (AvgIpc) is 3.59. The standard InChI is InChI=1S/C93H188S/c1-2-3-4-5-6-7-8-9-10-11-12-13-14-15-16-17-18-19-20-21-22-23-24-25-26-27-28-29-30-31-32-33-34-35-36-37-38-39-40-41-42-43-44-45-46-47-48-49-50-51-52-53-54-55-56-57-58-59-60-61-62-63-64-65-66-67-68-69-70-71-72-73-74-75-76-77-78-79-80-81-82-83-84-85-86-87-88-89-90-91-92-93-94/h94H,2-93H2,1H3. The Kier molecular flexibility index (Phi) is 93.7. The van der Waals surface area contributed by atoms with E-state index in [1.54, 1.807) is 0 Å². The third-order valence-corrected chi connectivity index (χ3v) is 23.1. The van der Waals surface area contributed by atoms with Gasteiger partial charge in [-0.2, -0.15) is 12.6 Å². The van der Waals surface area contributed by atoms with Gasteiger partial charge in [0.25, 0.3) is 0 Å². The monoisotopic (exact) mass is 1340 g/mol. The van der Waals surface area contributed by atoms with Crippen molar-refractivity contribution in [3.05, 3.63) is 0 Å². The molecule has 0 aliphatic heterocycles. The Morgan fingerprint density at radius 3 is 0.191 bits per heavy atom. The van der Waals surface area contributed by atoms with Crippen molar-refractivity contribution in [3.8, 4) is 0 Å². The molecule has 0 unspecified atom stereocenters. The molecule has 0 aromatic heterocycles. The van der Waals surface area contributed by atoms with Crippen LogP contribution >= 0.6 is 12.6 Å². The van der Waals surface area contributed by atoms with Gasteiger partial charge in [-0.3, -0.25) is 0 Å². The van der Waals surface area contributed by atoms with Crippen LogP contribution in [0.4, 0.5) is 0 Å². The minimum atomic E-state index is 1.07. The van der Waals surface area contributed by atoms with Gasteiger partial charge in [-0.05, 0) is 12.2 Å². The van der Waals surface area contributed by atoms with Crippen molar-refractivity contribution < 1.29 is 0 Å². The van der Waals surface area contributed by atoms with Gasteiger partial charge in [-0.1, -0.05) is 585 Å². The van der Waals surface area contributed by atoms with Gasteiger partial charge in [0, 0.05) is 0 Å². The molecular formula is C93H188S. The van der Waals surface area contributed by atoms with Gasteiger partial charge in [0.05, 0.1) is 0 Å². The van der Waals surface area contributed by atoms with E-state index in [4.69, 9.17) is 0 Å². The van der Waals surface area contributed by atoms with Crippen molar-refractivity contribution in [1.29, 1.82) is 0 Å². The Hall–Kier alpha value is 0.350. The predicted octanol–water partition coefficient (Wildman–Crippen LogP) is 36.4. The zero-order valence-electron chi connectivity index (χ0n) is 66.5. The van der Waals surface area contributed by atoms with Crippen LogP contribution in [-0.4, -0.2) is 5.75 Å². The lowest BCUT2D eigenvalue weighted by Crippen LogP contribution is -1.85. The molecule has 0 saturated heterocycles. The van der Waals surface area contributed by atoms with E-state index in [2.05, 4.69) is 19.6 Å². The summed E-state index contributed by atoms with van der Waals surface area (Å²) in [5.41, 5.74) is 0. The molecule has 94 heavy (non-hydrogen) atoms. The first-order chi connectivity index (χ1) is 46.9. The molecule has 0 aliphatic carbocycles. The fourth-order valence-corrected chi connectivity index (χ4v) is 16.1. The van der Waals surface area contributed by atoms with Crippen molar-refractivity contribution in [2.75, 3.05) is 5.75 Å². The summed E-state index contributed by atoms with van der Waals surface area (Å²) >= 11 is 4.31. The number of hydrogen-bond acceptors (Lipinski definition) is 1. The summed E-state index contributed by atoms with van der Waals surface area (Å²) in [6.07, 6.45) is 136. The normalized spacial score (nSPS) is 11.8. The van der Waals surface area contributed by atoms with E-state index < -0.39 is 0 Å². The maximum absolute atomic E-state index is 4.31. The number of hydrogen-bond donors (Lipinski definition) is 1. The van der Waals surface area contributed by atoms with Gasteiger partial charge < -0.3 is 0 Å². The fraction of sp³-hybridized carbons (Fsp3) is 1.00. The smallest absolute Gasteiger partial charge is 0.00979 e. The van der Waals surface area contributed by atoms with Crippen molar-refractivity contribution >= 4 is 12.6 Å². The highest BCUT2D eigenvalue weighted by Crippen LogP contribution is 2.23. The third kappa shape index (κ3) is 92.4. The van der Waals surface area contributed by atoms with Crippen LogP contribution in [0.2, 0.25) is 0 Å². The summed E-state index contributed by atoms with van der Waals surface area (Å²) in [4.78, 5) is 0. The van der Waals surface area contributed by atoms with Crippen molar-refractivity contribution in [2.24, 2.45) is 0 Å². The maximum Gasteiger partial charge on any atom is -0.00979 e. The van der Waals surface area contributed by atoms with Crippen molar-refractivity contribution in [2.45, 2.75) is 591 Å². The summed E-state index contributed by atoms with van der Waals surface area (Å²) in [6.45, 7) is 2.32. The number of rotatable bonds is 91. The predicted molar refractivity (Wildman–Crippen MR) is 440 cm³/mol. The van der Waals surface area contributed by atoms with Gasteiger partial charge in [0.2, 0.25) is 0 Å². The second-order valence-corrected chi connectivity index (χ2v) is 33.0. The van der Waals surface area contributed by atoms with E-state index in [1.165, 1.54) is 584 Å². The van der Waals surface area contributed by atoms with Crippen LogP contribution < -0.4 is 0 Å². The molecule has 0 aromatic rings. The summed E-state index contributed by atoms with van der Waals surface area (Å²) in [5, 5.41) is 0. The minimum absolute atomic E-state index is 1.07. The Morgan fingerprint density at radius 1 is 0.0851 bits per heavy atom. The van der Waals surface area contributed by atoms with Crippen LogP contribution in [-0.2, 0) is 0 Å². The molecule has 0 fully saturated rings. The van der Waals surface area contributed by atoms with E-state index in [0.717, 1.165) is 5.75 Å². The Morgan fingerprint density at radius 2 is 0.138 bits per heavy atom. The zero-order chi connectivity index (χ0) is 67.1. The van der Waals surface area contributed by atoms with Crippen LogP contribution in [0.15, 0.2) is 0 Å². The van der Waals surface area contributed by atoms with Crippen molar-refractivity contribution in [1.82, 2.24) is 0 Å². The second kappa shape index (κ2) is 93.3. The van der Waals surface area contributed by atoms with E-state index >= 15 is 0 Å². The lowest BCUT2D eigenvalue weighted by Gasteiger charge is -2.05. The second-order valence-electron chi connectivity index (χ2n) is 32.5. The Labute approximate surface area is 605 Å². The first-order valence-electron chi connectivity index (χ1n) is 46.5. The number of thiol groups is 1. The molecule has 0 bridgehead atoms. The molecule has 1 heteroatoms. The molecule has 0 atom stereocenters.